The van der Waals surface area contributed by atoms with E-state index in [0.717, 1.165) is 0 Å². The Morgan fingerprint density at radius 1 is 1.08 bits per heavy atom. The molecule has 2 aliphatic heterocycles. The Morgan fingerprint density at radius 2 is 1.68 bits per heavy atom. The lowest BCUT2D eigenvalue weighted by atomic mass is 10.0. The number of ether oxygens (including phenoxy) is 5. The van der Waals surface area contributed by atoms with Gasteiger partial charge in [-0.3, -0.25) is 14.4 Å². The summed E-state index contributed by atoms with van der Waals surface area (Å²) in [5, 5.41) is 0. The first-order valence-corrected chi connectivity index (χ1v) is 8.04. The lowest BCUT2D eigenvalue weighted by molar-refractivity contribution is -0.208. The predicted molar refractivity (Wildman–Crippen MR) is 83.4 cm³/mol. The van der Waals surface area contributed by atoms with Crippen molar-refractivity contribution < 1.29 is 38.1 Å². The van der Waals surface area contributed by atoms with E-state index in [-0.39, 0.29) is 6.61 Å². The molecule has 0 spiro atoms. The lowest BCUT2D eigenvalue weighted by Crippen LogP contribution is -2.49. The number of hydrogen-bond donors (Lipinski definition) is 0. The molecule has 0 N–H and O–H groups in total. The van der Waals surface area contributed by atoms with Gasteiger partial charge in [-0.2, -0.15) is 0 Å². The molecule has 25 heavy (non-hydrogen) atoms. The summed E-state index contributed by atoms with van der Waals surface area (Å²) in [5.41, 5.74) is 0. The van der Waals surface area contributed by atoms with Crippen molar-refractivity contribution in [3.63, 3.8) is 0 Å². The van der Waals surface area contributed by atoms with E-state index in [1.807, 2.05) is 0 Å². The van der Waals surface area contributed by atoms with Crippen LogP contribution in [-0.2, 0) is 38.1 Å². The van der Waals surface area contributed by atoms with Gasteiger partial charge in [0.2, 0.25) is 6.10 Å². The molecule has 2 saturated heterocycles. The van der Waals surface area contributed by atoms with Gasteiger partial charge in [0.25, 0.3) is 5.91 Å². The van der Waals surface area contributed by atoms with Gasteiger partial charge in [0.15, 0.2) is 5.79 Å². The molecule has 0 bridgehead atoms. The molecule has 2 aliphatic rings. The molecule has 0 aromatic heterocycles. The van der Waals surface area contributed by atoms with E-state index in [0.29, 0.717) is 0 Å². The van der Waals surface area contributed by atoms with Crippen LogP contribution < -0.4 is 0 Å². The number of nitrogens with zero attached hydrogens (tertiary/aromatic N) is 1. The highest BCUT2D eigenvalue weighted by atomic mass is 16.8. The molecule has 2 fully saturated rings. The van der Waals surface area contributed by atoms with Crippen LogP contribution in [-0.4, -0.2) is 79.8 Å². The third-order valence-electron chi connectivity index (χ3n) is 3.91. The minimum Gasteiger partial charge on any atom is -0.463 e. The van der Waals surface area contributed by atoms with Crippen molar-refractivity contribution in [2.24, 2.45) is 0 Å². The maximum atomic E-state index is 12.5. The van der Waals surface area contributed by atoms with Crippen LogP contribution in [0.2, 0.25) is 0 Å². The van der Waals surface area contributed by atoms with E-state index in [1.165, 1.54) is 18.7 Å². The Labute approximate surface area is 146 Å². The van der Waals surface area contributed by atoms with Crippen molar-refractivity contribution in [2.45, 2.75) is 64.0 Å². The van der Waals surface area contributed by atoms with E-state index >= 15 is 0 Å². The minimum absolute atomic E-state index is 0.0462. The van der Waals surface area contributed by atoms with Gasteiger partial charge in [-0.15, -0.1) is 0 Å². The third-order valence-corrected chi connectivity index (χ3v) is 3.91. The number of carbonyl (C=O) groups is 3. The molecule has 1 amide bonds. The largest absolute Gasteiger partial charge is 0.463 e. The fraction of sp³-hybridized carbons (Fsp3) is 0.812. The summed E-state index contributed by atoms with van der Waals surface area (Å²) in [4.78, 5) is 36.3. The molecule has 142 valence electrons. The quantitative estimate of drug-likeness (QED) is 0.625. The van der Waals surface area contributed by atoms with Crippen LogP contribution in [0.1, 0.15) is 27.7 Å². The van der Waals surface area contributed by atoms with Crippen LogP contribution in [0.25, 0.3) is 0 Å². The van der Waals surface area contributed by atoms with Gasteiger partial charge in [0.05, 0.1) is 0 Å². The monoisotopic (exact) mass is 359 g/mol. The molecular weight excluding hydrogens is 334 g/mol. The summed E-state index contributed by atoms with van der Waals surface area (Å²) >= 11 is 0. The van der Waals surface area contributed by atoms with Gasteiger partial charge in [-0.25, -0.2) is 0 Å². The average Bonchev–Trinajstić information content (AvgIpc) is 2.95. The summed E-state index contributed by atoms with van der Waals surface area (Å²) in [5.74, 6) is -2.39. The summed E-state index contributed by atoms with van der Waals surface area (Å²) in [6.07, 6.45) is -3.86. The van der Waals surface area contributed by atoms with Crippen LogP contribution in [0.15, 0.2) is 0 Å². The normalized spacial score (nSPS) is 31.1. The fourth-order valence-corrected chi connectivity index (χ4v) is 2.98. The van der Waals surface area contributed by atoms with Crippen molar-refractivity contribution in [2.75, 3.05) is 20.7 Å². The lowest BCUT2D eigenvalue weighted by Gasteiger charge is -2.29. The summed E-state index contributed by atoms with van der Waals surface area (Å²) < 4.78 is 27.8. The van der Waals surface area contributed by atoms with Crippen molar-refractivity contribution in [1.82, 2.24) is 4.90 Å². The smallest absolute Gasteiger partial charge is 0.303 e. The summed E-state index contributed by atoms with van der Waals surface area (Å²) in [6.45, 7) is 5.93. The number of rotatable bonds is 5. The van der Waals surface area contributed by atoms with Crippen molar-refractivity contribution in [3.05, 3.63) is 0 Å². The van der Waals surface area contributed by atoms with Crippen LogP contribution in [0, 0.1) is 0 Å². The van der Waals surface area contributed by atoms with E-state index in [4.69, 9.17) is 23.7 Å². The fourth-order valence-electron chi connectivity index (χ4n) is 2.98. The average molecular weight is 359 g/mol. The SMILES string of the molecule is CC(=O)OC[C@H]1O[C@H]([C@H](OC(C)=O)C(=O)N(C)C)[C@@H]2OC(C)(C)O[C@@H]21. The number of carbonyl (C=O) groups excluding carboxylic acids is 3. The van der Waals surface area contributed by atoms with Gasteiger partial charge in [-0.1, -0.05) is 0 Å². The Balaban J connectivity index is 2.25. The topological polar surface area (TPSA) is 101 Å². The van der Waals surface area contributed by atoms with Crippen LogP contribution >= 0.6 is 0 Å². The molecule has 0 aromatic rings. The third kappa shape index (κ3) is 4.47. The molecule has 0 aliphatic carbocycles. The maximum Gasteiger partial charge on any atom is 0.303 e. The highest BCUT2D eigenvalue weighted by Gasteiger charge is 2.59. The Bertz CT molecular complexity index is 546. The van der Waals surface area contributed by atoms with Gasteiger partial charge < -0.3 is 28.6 Å². The predicted octanol–water partition coefficient (Wildman–Crippen LogP) is -0.143. The van der Waals surface area contributed by atoms with E-state index < -0.39 is 54.2 Å². The second-order valence-electron chi connectivity index (χ2n) is 6.77. The molecule has 0 radical (unpaired) electrons. The Kier molecular flexibility index (Phi) is 5.70. The number of esters is 2. The Hall–Kier alpha value is -1.71. The van der Waals surface area contributed by atoms with E-state index in [2.05, 4.69) is 0 Å². The standard InChI is InChI=1S/C16H25NO8/c1-8(18)21-7-10-11-13(25-16(3,4)24-11)12(23-10)14(22-9(2)19)15(20)17(5)6/h10-14H,7H2,1-6H3/t10-,11-,12+,13-,14+/m1/s1. The first kappa shape index (κ1) is 19.6. The number of amides is 1. The first-order valence-electron chi connectivity index (χ1n) is 8.04. The Morgan fingerprint density at radius 3 is 2.20 bits per heavy atom. The van der Waals surface area contributed by atoms with Crippen LogP contribution in [0.4, 0.5) is 0 Å². The zero-order chi connectivity index (χ0) is 18.9. The zero-order valence-electron chi connectivity index (χ0n) is 15.3. The zero-order valence-corrected chi connectivity index (χ0v) is 15.3. The van der Waals surface area contributed by atoms with Crippen molar-refractivity contribution >= 4 is 17.8 Å². The molecule has 9 heteroatoms. The second-order valence-corrected chi connectivity index (χ2v) is 6.77. The molecule has 0 unspecified atom stereocenters. The minimum atomic E-state index is -1.18. The van der Waals surface area contributed by atoms with Gasteiger partial charge in [0, 0.05) is 27.9 Å². The first-order chi connectivity index (χ1) is 11.5. The molecular formula is C16H25NO8. The van der Waals surface area contributed by atoms with Gasteiger partial charge >= 0.3 is 11.9 Å². The number of fused-ring (bicyclic) bond motifs is 1. The summed E-state index contributed by atoms with van der Waals surface area (Å²) in [7, 11) is 3.11. The van der Waals surface area contributed by atoms with Crippen molar-refractivity contribution in [1.29, 1.82) is 0 Å². The van der Waals surface area contributed by atoms with Gasteiger partial charge in [0.1, 0.15) is 31.0 Å². The van der Waals surface area contributed by atoms with Crippen LogP contribution in [0.5, 0.6) is 0 Å². The number of likely N-dealkylation sites (N-methyl/N-ethyl adjacent to an activating group) is 1. The molecule has 5 atom stereocenters. The molecule has 0 saturated carbocycles. The maximum absolute atomic E-state index is 12.5. The summed E-state index contributed by atoms with van der Waals surface area (Å²) in [6, 6.07) is 0. The highest BCUT2D eigenvalue weighted by molar-refractivity contribution is 5.83. The number of hydrogen-bond acceptors (Lipinski definition) is 8. The highest BCUT2D eigenvalue weighted by Crippen LogP contribution is 2.40. The molecule has 2 heterocycles. The van der Waals surface area contributed by atoms with E-state index in [1.54, 1.807) is 27.9 Å². The van der Waals surface area contributed by atoms with Crippen LogP contribution in [0.3, 0.4) is 0 Å². The molecule has 0 aromatic carbocycles. The van der Waals surface area contributed by atoms with E-state index in [9.17, 15) is 14.4 Å². The van der Waals surface area contributed by atoms with Crippen molar-refractivity contribution in [3.8, 4) is 0 Å². The molecule has 2 rings (SSSR count). The molecule has 9 nitrogen and oxygen atoms in total. The second kappa shape index (κ2) is 7.27. The van der Waals surface area contributed by atoms with Gasteiger partial charge in [-0.05, 0) is 13.8 Å².